The van der Waals surface area contributed by atoms with Crippen molar-refractivity contribution in [2.75, 3.05) is 0 Å². The molecule has 2 radical (unpaired) electrons. The third-order valence-corrected chi connectivity index (χ3v) is 0.548. The average Bonchev–Trinajstić information content (AvgIpc) is 1.65. The van der Waals surface area contributed by atoms with Gasteiger partial charge in [-0.15, -0.1) is 5.57 Å². The molecule has 2 nitrogen and oxygen atoms in total. The Morgan fingerprint density at radius 2 is 1.78 bits per heavy atom. The van der Waals surface area contributed by atoms with E-state index in [4.69, 9.17) is 0 Å². The second-order valence-electron chi connectivity index (χ2n) is 1.14. The van der Waals surface area contributed by atoms with Gasteiger partial charge in [0.25, 0.3) is 0 Å². The van der Waals surface area contributed by atoms with E-state index in [-0.39, 0.29) is 76.8 Å². The largest absolute Gasteiger partial charge is 0.376 e. The van der Waals surface area contributed by atoms with Crippen LogP contribution >= 0.6 is 0 Å². The van der Waals surface area contributed by atoms with Crippen molar-refractivity contribution < 1.29 is 75.0 Å². The minimum Gasteiger partial charge on any atom is -0.376 e. The Kier molecular flexibility index (Phi) is 17.2. The van der Waals surface area contributed by atoms with Crippen molar-refractivity contribution in [2.45, 2.75) is 6.92 Å². The summed E-state index contributed by atoms with van der Waals surface area (Å²) in [6.07, 6.45) is 1.37. The monoisotopic (exact) mass is 275 g/mol. The Hall–Kier alpha value is 1.29. The summed E-state index contributed by atoms with van der Waals surface area (Å²) in [4.78, 5) is 19.5. The third kappa shape index (κ3) is 9.29. The number of rotatable bonds is 2. The summed E-state index contributed by atoms with van der Waals surface area (Å²) >= 11 is 0. The smallest absolute Gasteiger partial charge is 0.0655 e. The fourth-order valence-corrected chi connectivity index (χ4v) is 0.0719. The van der Waals surface area contributed by atoms with Crippen molar-refractivity contribution in [2.24, 2.45) is 0 Å². The van der Waals surface area contributed by atoms with Crippen LogP contribution < -0.4 is 0 Å². The summed E-state index contributed by atoms with van der Waals surface area (Å²) < 4.78 is 0. The van der Waals surface area contributed by atoms with Crippen LogP contribution in [0, 0.1) is 0 Å². The van der Waals surface area contributed by atoms with E-state index in [1.54, 1.807) is 0 Å². The molecule has 0 heterocycles. The maximum atomic E-state index is 10.0. The maximum absolute atomic E-state index is 10.0. The fourth-order valence-electron chi connectivity index (χ4n) is 0.0719. The summed E-state index contributed by atoms with van der Waals surface area (Å²) in [5.41, 5.74) is -0.0972. The molecular weight excluding hydrogens is 270 g/mol. The molecule has 0 aromatic heterocycles. The van der Waals surface area contributed by atoms with Gasteiger partial charge >= 0.3 is 0 Å². The van der Waals surface area contributed by atoms with E-state index < -0.39 is 0 Å². The zero-order valence-electron chi connectivity index (χ0n) is 5.18. The Balaban J connectivity index is -0.000000180. The number of carbonyl (C=O) groups is 1. The van der Waals surface area contributed by atoms with Gasteiger partial charge in [0.1, 0.15) is 0 Å². The molecule has 0 bridgehead atoms. The molecule has 0 fully saturated rings. The molecule has 0 saturated heterocycles. The minimum absolute atomic E-state index is 0. The first kappa shape index (κ1) is 16.7. The van der Waals surface area contributed by atoms with Crippen molar-refractivity contribution in [1.82, 2.24) is 0 Å². The minimum atomic E-state index is -0.324. The van der Waals surface area contributed by atoms with E-state index in [1.165, 1.54) is 13.2 Å². The van der Waals surface area contributed by atoms with Crippen LogP contribution in [0.1, 0.15) is 6.92 Å². The van der Waals surface area contributed by atoms with Gasteiger partial charge in [-0.25, -0.2) is 0 Å². The van der Waals surface area contributed by atoms with Crippen LogP contribution in [0.5, 0.6) is 0 Å². The third-order valence-electron chi connectivity index (χ3n) is 0.548. The SMILES string of the molecule is C=C([C-]=O)C(C)=O.[Y].[Y]. The van der Waals surface area contributed by atoms with Crippen molar-refractivity contribution in [3.05, 3.63) is 12.2 Å². The molecule has 9 heavy (non-hydrogen) atoms. The first-order chi connectivity index (χ1) is 3.18. The summed E-state index contributed by atoms with van der Waals surface area (Å²) in [6, 6.07) is 0. The Bertz CT molecular complexity index is 120. The van der Waals surface area contributed by atoms with Gasteiger partial charge in [-0.1, -0.05) is 0 Å². The second kappa shape index (κ2) is 9.29. The second-order valence-corrected chi connectivity index (χ2v) is 1.14. The van der Waals surface area contributed by atoms with Crippen molar-refractivity contribution in [3.63, 3.8) is 0 Å². The normalized spacial score (nSPS) is 5.89. The van der Waals surface area contributed by atoms with Gasteiger partial charge in [0.2, 0.25) is 0 Å². The number of allylic oxidation sites excluding steroid dienone is 1. The average molecular weight is 275 g/mol. The molecule has 4 heteroatoms. The van der Waals surface area contributed by atoms with Gasteiger partial charge in [0, 0.05) is 71.2 Å². The van der Waals surface area contributed by atoms with Crippen LogP contribution in [-0.2, 0) is 75.0 Å². The van der Waals surface area contributed by atoms with Gasteiger partial charge in [0.05, 0.1) is 6.29 Å². The molecule has 0 saturated carbocycles. The first-order valence-electron chi connectivity index (χ1n) is 1.76. The predicted octanol–water partition coefficient (Wildman–Crippen LogP) is 0.236. The quantitative estimate of drug-likeness (QED) is 0.313. The molecule has 0 aliphatic carbocycles. The van der Waals surface area contributed by atoms with Crippen molar-refractivity contribution in [1.29, 1.82) is 0 Å². The number of Topliss-reactive ketones (excluding diaryl/α,β-unsaturated/α-hetero) is 1. The van der Waals surface area contributed by atoms with E-state index in [2.05, 4.69) is 6.58 Å². The van der Waals surface area contributed by atoms with E-state index in [0.29, 0.717) is 0 Å². The van der Waals surface area contributed by atoms with Crippen molar-refractivity contribution >= 4 is 12.1 Å². The predicted molar refractivity (Wildman–Crippen MR) is 25.5 cm³/mol. The fraction of sp³-hybridized carbons (Fsp3) is 0.200. The molecule has 0 aromatic carbocycles. The number of carbonyl (C=O) groups excluding carboxylic acids is 2. The number of hydrogen-bond acceptors (Lipinski definition) is 2. The van der Waals surface area contributed by atoms with Gasteiger partial charge < -0.3 is 9.59 Å². The molecule has 0 unspecified atom stereocenters. The number of hydrogen-bond donors (Lipinski definition) is 0. The van der Waals surface area contributed by atoms with Gasteiger partial charge in [-0.05, 0) is 6.92 Å². The van der Waals surface area contributed by atoms with Crippen molar-refractivity contribution in [3.8, 4) is 0 Å². The Morgan fingerprint density at radius 3 is 1.78 bits per heavy atom. The van der Waals surface area contributed by atoms with E-state index in [0.717, 1.165) is 0 Å². The van der Waals surface area contributed by atoms with Crippen LogP contribution in [0.3, 0.4) is 0 Å². The molecule has 0 aromatic rings. The summed E-state index contributed by atoms with van der Waals surface area (Å²) in [5.74, 6) is -0.324. The molecule has 0 aliphatic heterocycles. The van der Waals surface area contributed by atoms with Crippen LogP contribution in [-0.4, -0.2) is 12.1 Å². The van der Waals surface area contributed by atoms with E-state index in [1.807, 2.05) is 0 Å². The Morgan fingerprint density at radius 1 is 1.44 bits per heavy atom. The molecular formula is C5H5O2Y2-. The molecule has 44 valence electrons. The summed E-state index contributed by atoms with van der Waals surface area (Å²) in [5, 5.41) is 0. The van der Waals surface area contributed by atoms with Gasteiger partial charge in [-0.3, -0.25) is 0 Å². The molecule has 0 N–H and O–H groups in total. The van der Waals surface area contributed by atoms with Crippen LogP contribution in [0.2, 0.25) is 0 Å². The van der Waals surface area contributed by atoms with Gasteiger partial charge in [0.15, 0.2) is 0 Å². The van der Waals surface area contributed by atoms with E-state index >= 15 is 0 Å². The van der Waals surface area contributed by atoms with Crippen LogP contribution in [0.15, 0.2) is 12.2 Å². The zero-order valence-corrected chi connectivity index (χ0v) is 10.9. The zero-order chi connectivity index (χ0) is 5.86. The molecule has 0 aliphatic rings. The standard InChI is InChI=1S/C5H5O2.2Y/c1-4(3-6)5(2)7;;/h1H2,2H3;;/q-1;;. The maximum Gasteiger partial charge on any atom is 0.0655 e. The molecule has 0 spiro atoms. The summed E-state index contributed by atoms with van der Waals surface area (Å²) in [7, 11) is 0. The topological polar surface area (TPSA) is 34.1 Å². The number of ketones is 1. The summed E-state index contributed by atoms with van der Waals surface area (Å²) in [6.45, 7) is 4.37. The Labute approximate surface area is 105 Å². The van der Waals surface area contributed by atoms with E-state index in [9.17, 15) is 9.59 Å². The first-order valence-corrected chi connectivity index (χ1v) is 1.76. The van der Waals surface area contributed by atoms with Gasteiger partial charge in [-0.2, -0.15) is 6.58 Å². The molecule has 0 atom stereocenters. The van der Waals surface area contributed by atoms with Crippen LogP contribution in [0.4, 0.5) is 0 Å². The molecule has 0 amide bonds. The molecule has 0 rings (SSSR count). The van der Waals surface area contributed by atoms with Crippen LogP contribution in [0.25, 0.3) is 0 Å².